The van der Waals surface area contributed by atoms with Crippen LogP contribution in [0.15, 0.2) is 64.6 Å². The summed E-state index contributed by atoms with van der Waals surface area (Å²) in [7, 11) is -3.47. The average Bonchev–Trinajstić information content (AvgIpc) is 3.19. The van der Waals surface area contributed by atoms with Crippen LogP contribution in [0.25, 0.3) is 0 Å². The summed E-state index contributed by atoms with van der Waals surface area (Å²) in [6.07, 6.45) is -0.107. The molecule has 0 radical (unpaired) electrons. The summed E-state index contributed by atoms with van der Waals surface area (Å²) >= 11 is 0. The Balaban J connectivity index is 1.18. The van der Waals surface area contributed by atoms with Crippen molar-refractivity contribution < 1.29 is 31.2 Å². The lowest BCUT2D eigenvalue weighted by atomic mass is 10.0. The molecule has 12 heteroatoms. The summed E-state index contributed by atoms with van der Waals surface area (Å²) in [5, 5.41) is 9.01. The highest BCUT2D eigenvalue weighted by Crippen LogP contribution is 2.37. The Morgan fingerprint density at radius 2 is 1.52 bits per heavy atom. The summed E-state index contributed by atoms with van der Waals surface area (Å²) in [6, 6.07) is 12.8. The predicted octanol–water partition coefficient (Wildman–Crippen LogP) is 5.11. The first-order chi connectivity index (χ1) is 19.9. The van der Waals surface area contributed by atoms with Gasteiger partial charge in [0.2, 0.25) is 10.0 Å². The number of rotatable bonds is 11. The third kappa shape index (κ3) is 6.91. The molecule has 224 valence electrons. The fourth-order valence-corrected chi connectivity index (χ4v) is 6.76. The Morgan fingerprint density at radius 1 is 0.881 bits per heavy atom. The van der Waals surface area contributed by atoms with E-state index in [1.807, 2.05) is 0 Å². The monoisotopic (exact) mass is 602 g/mol. The van der Waals surface area contributed by atoms with Crippen molar-refractivity contribution in [2.45, 2.75) is 56.5 Å². The van der Waals surface area contributed by atoms with Crippen LogP contribution < -0.4 is 4.90 Å². The number of carbonyl (C=O) groups is 2. The number of hydrogen-bond acceptors (Lipinski definition) is 6. The molecule has 42 heavy (non-hydrogen) atoms. The second kappa shape index (κ2) is 13.2. The van der Waals surface area contributed by atoms with Crippen molar-refractivity contribution in [3.8, 4) is 6.07 Å². The number of hydrogen-bond donors (Lipinski definition) is 0. The molecular formula is C30H33F3N4O4S. The van der Waals surface area contributed by atoms with Gasteiger partial charge in [-0.1, -0.05) is 37.5 Å². The second-order valence-electron chi connectivity index (χ2n) is 10.5. The zero-order chi connectivity index (χ0) is 30.5. The molecular weight excluding hydrogens is 569 g/mol. The van der Waals surface area contributed by atoms with Crippen LogP contribution in [-0.2, 0) is 25.8 Å². The van der Waals surface area contributed by atoms with Gasteiger partial charge in [0.05, 0.1) is 27.8 Å². The van der Waals surface area contributed by atoms with Crippen LogP contribution in [0.3, 0.4) is 0 Å². The number of piperazine rings is 1. The third-order valence-electron chi connectivity index (χ3n) is 7.74. The summed E-state index contributed by atoms with van der Waals surface area (Å²) in [5.41, 5.74) is -1.43. The molecule has 0 atom stereocenters. The van der Waals surface area contributed by atoms with Crippen LogP contribution >= 0.6 is 0 Å². The SMILES string of the molecule is CC1=C(CCCCCCCN2CCN(S(=O)(=O)c3ccccc3)CC2)C(=O)N(c2ccc(C#N)c(C(F)(F)F)c2)C1=O. The summed E-state index contributed by atoms with van der Waals surface area (Å²) in [5.74, 6) is -1.27. The first-order valence-electron chi connectivity index (χ1n) is 13.9. The minimum Gasteiger partial charge on any atom is -0.301 e. The van der Waals surface area contributed by atoms with Crippen LogP contribution in [0.4, 0.5) is 18.9 Å². The van der Waals surface area contributed by atoms with Crippen LogP contribution in [0, 0.1) is 11.3 Å². The van der Waals surface area contributed by atoms with Gasteiger partial charge in [-0.2, -0.15) is 22.7 Å². The standard InChI is InChI=1S/C30H33F3N4O4S/c1-22-26(29(39)37(28(22)38)24-14-13-23(21-34)27(20-24)30(31,32)33)12-8-3-2-4-9-15-35-16-18-36(19-17-35)42(40,41)25-10-6-5-7-11-25/h5-7,10-11,13-14,20H,2-4,8-9,12,15-19H2,1H3. The van der Waals surface area contributed by atoms with Gasteiger partial charge >= 0.3 is 6.18 Å². The Kier molecular flexibility index (Phi) is 9.86. The number of imide groups is 1. The van der Waals surface area contributed by atoms with E-state index in [0.29, 0.717) is 55.6 Å². The number of unbranched alkanes of at least 4 members (excludes halogenated alkanes) is 4. The third-order valence-corrected chi connectivity index (χ3v) is 9.65. The second-order valence-corrected chi connectivity index (χ2v) is 12.4. The van der Waals surface area contributed by atoms with E-state index in [4.69, 9.17) is 5.26 Å². The average molecular weight is 603 g/mol. The van der Waals surface area contributed by atoms with Gasteiger partial charge in [-0.15, -0.1) is 0 Å². The Labute approximate surface area is 244 Å². The number of nitriles is 1. The first kappa shape index (κ1) is 31.4. The van der Waals surface area contributed by atoms with Gasteiger partial charge in [-0.3, -0.25) is 9.59 Å². The van der Waals surface area contributed by atoms with E-state index in [0.717, 1.165) is 43.2 Å². The molecule has 1 saturated heterocycles. The number of carbonyl (C=O) groups excluding carboxylic acids is 2. The predicted molar refractivity (Wildman–Crippen MR) is 151 cm³/mol. The molecule has 2 aromatic rings. The van der Waals surface area contributed by atoms with Crippen molar-refractivity contribution in [1.29, 1.82) is 5.26 Å². The van der Waals surface area contributed by atoms with Gasteiger partial charge < -0.3 is 4.90 Å². The molecule has 0 saturated carbocycles. The van der Waals surface area contributed by atoms with Gasteiger partial charge in [0, 0.05) is 37.3 Å². The zero-order valence-electron chi connectivity index (χ0n) is 23.4. The Hall–Kier alpha value is -3.53. The molecule has 2 amide bonds. The quantitative estimate of drug-likeness (QED) is 0.262. The minimum atomic E-state index is -4.80. The van der Waals surface area contributed by atoms with Crippen molar-refractivity contribution >= 4 is 27.5 Å². The number of anilines is 1. The van der Waals surface area contributed by atoms with Crippen molar-refractivity contribution in [3.63, 3.8) is 0 Å². The molecule has 1 fully saturated rings. The molecule has 0 aromatic heterocycles. The molecule has 2 heterocycles. The molecule has 4 rings (SSSR count). The maximum atomic E-state index is 13.4. The fraction of sp³-hybridized carbons (Fsp3) is 0.433. The van der Waals surface area contributed by atoms with Gasteiger partial charge in [0.25, 0.3) is 11.8 Å². The van der Waals surface area contributed by atoms with Crippen LogP contribution in [-0.4, -0.2) is 62.2 Å². The lowest BCUT2D eigenvalue weighted by molar-refractivity contribution is -0.138. The van der Waals surface area contributed by atoms with Crippen LogP contribution in [0.1, 0.15) is 56.6 Å². The first-order valence-corrected chi connectivity index (χ1v) is 15.4. The highest BCUT2D eigenvalue weighted by molar-refractivity contribution is 7.89. The number of halogens is 3. The van der Waals surface area contributed by atoms with Gasteiger partial charge in [-0.25, -0.2) is 13.3 Å². The van der Waals surface area contributed by atoms with Crippen molar-refractivity contribution in [2.24, 2.45) is 0 Å². The van der Waals surface area contributed by atoms with Crippen LogP contribution in [0.2, 0.25) is 0 Å². The summed E-state index contributed by atoms with van der Waals surface area (Å²) in [6.45, 7) is 4.64. The van der Waals surface area contributed by atoms with E-state index in [9.17, 15) is 31.2 Å². The normalized spacial score (nSPS) is 17.3. The number of amides is 2. The molecule has 2 aliphatic heterocycles. The van der Waals surface area contributed by atoms with Crippen molar-refractivity contribution in [3.05, 3.63) is 70.8 Å². The van der Waals surface area contributed by atoms with Gasteiger partial charge in [0.15, 0.2) is 0 Å². The Morgan fingerprint density at radius 3 is 2.17 bits per heavy atom. The van der Waals surface area contributed by atoms with E-state index < -0.39 is 39.1 Å². The smallest absolute Gasteiger partial charge is 0.301 e. The largest absolute Gasteiger partial charge is 0.417 e. The highest BCUT2D eigenvalue weighted by Gasteiger charge is 2.39. The van der Waals surface area contributed by atoms with Crippen molar-refractivity contribution in [1.82, 2.24) is 9.21 Å². The molecule has 0 spiro atoms. The van der Waals surface area contributed by atoms with Crippen LogP contribution in [0.5, 0.6) is 0 Å². The lowest BCUT2D eigenvalue weighted by Crippen LogP contribution is -2.48. The molecule has 2 aliphatic rings. The fourth-order valence-electron chi connectivity index (χ4n) is 5.32. The zero-order valence-corrected chi connectivity index (χ0v) is 24.2. The molecule has 0 aliphatic carbocycles. The minimum absolute atomic E-state index is 0.204. The van der Waals surface area contributed by atoms with E-state index in [1.165, 1.54) is 23.4 Å². The topological polar surface area (TPSA) is 102 Å². The number of benzene rings is 2. The number of nitrogens with zero attached hydrogens (tertiary/aromatic N) is 4. The summed E-state index contributed by atoms with van der Waals surface area (Å²) in [4.78, 5) is 29.1. The number of sulfonamides is 1. The van der Waals surface area contributed by atoms with Gasteiger partial charge in [0.1, 0.15) is 0 Å². The number of alkyl halides is 3. The van der Waals surface area contributed by atoms with Crippen molar-refractivity contribution in [2.75, 3.05) is 37.6 Å². The Bertz CT molecular complexity index is 1490. The molecule has 2 aromatic carbocycles. The van der Waals surface area contributed by atoms with E-state index in [2.05, 4.69) is 4.90 Å². The summed E-state index contributed by atoms with van der Waals surface area (Å²) < 4.78 is 67.3. The lowest BCUT2D eigenvalue weighted by Gasteiger charge is -2.34. The van der Waals surface area contributed by atoms with Gasteiger partial charge in [-0.05, 0) is 63.1 Å². The maximum absolute atomic E-state index is 13.4. The highest BCUT2D eigenvalue weighted by atomic mass is 32.2. The van der Waals surface area contributed by atoms with E-state index in [1.54, 1.807) is 30.3 Å². The molecule has 0 bridgehead atoms. The van der Waals surface area contributed by atoms with E-state index in [-0.39, 0.29) is 11.3 Å². The molecule has 8 nitrogen and oxygen atoms in total. The maximum Gasteiger partial charge on any atom is 0.417 e. The van der Waals surface area contributed by atoms with E-state index >= 15 is 0 Å². The molecule has 0 N–H and O–H groups in total. The molecule has 0 unspecified atom stereocenters.